The van der Waals surface area contributed by atoms with Gasteiger partial charge in [0.05, 0.1) is 32.4 Å². The molecule has 112 valence electrons. The van der Waals surface area contributed by atoms with E-state index in [1.807, 2.05) is 6.92 Å². The number of rotatable bonds is 5. The van der Waals surface area contributed by atoms with Crippen LogP contribution in [0.15, 0.2) is 24.3 Å². The Morgan fingerprint density at radius 3 is 2.62 bits per heavy atom. The summed E-state index contributed by atoms with van der Waals surface area (Å²) in [5, 5.41) is 14.0. The van der Waals surface area contributed by atoms with Crippen molar-refractivity contribution in [1.29, 1.82) is 0 Å². The molecule has 0 saturated carbocycles. The first-order valence-electron chi connectivity index (χ1n) is 5.96. The van der Waals surface area contributed by atoms with E-state index in [4.69, 9.17) is 27.9 Å². The van der Waals surface area contributed by atoms with Gasteiger partial charge in [-0.05, 0) is 19.1 Å². The Morgan fingerprint density at radius 2 is 2.10 bits per heavy atom. The van der Waals surface area contributed by atoms with Gasteiger partial charge in [-0.15, -0.1) is 11.3 Å². The molecule has 5 nitrogen and oxygen atoms in total. The standard InChI is InChI=1S/C13H12Cl2N2O3S/c1-7(9-6-12(14)21-13(9)15)16-10-5-8(17(18)19)3-4-11(10)20-2/h3-7,16H,1-2H3. The Morgan fingerprint density at radius 1 is 1.38 bits per heavy atom. The summed E-state index contributed by atoms with van der Waals surface area (Å²) >= 11 is 13.3. The van der Waals surface area contributed by atoms with Gasteiger partial charge in [0.15, 0.2) is 0 Å². The minimum Gasteiger partial charge on any atom is -0.495 e. The molecule has 0 amide bonds. The third-order valence-corrected chi connectivity index (χ3v) is 4.43. The molecule has 0 bridgehead atoms. The maximum absolute atomic E-state index is 10.9. The number of nitro benzene ring substituents is 1. The molecule has 1 aromatic heterocycles. The number of nitrogens with zero attached hydrogens (tertiary/aromatic N) is 1. The number of hydrogen-bond acceptors (Lipinski definition) is 5. The van der Waals surface area contributed by atoms with Gasteiger partial charge >= 0.3 is 0 Å². The zero-order chi connectivity index (χ0) is 15.6. The third-order valence-electron chi connectivity index (χ3n) is 2.92. The Labute approximate surface area is 135 Å². The van der Waals surface area contributed by atoms with E-state index in [0.717, 1.165) is 5.56 Å². The van der Waals surface area contributed by atoms with Crippen LogP contribution in [0.25, 0.3) is 0 Å². The van der Waals surface area contributed by atoms with Crippen molar-refractivity contribution in [3.8, 4) is 5.75 Å². The van der Waals surface area contributed by atoms with Crippen molar-refractivity contribution in [3.63, 3.8) is 0 Å². The highest BCUT2D eigenvalue weighted by Gasteiger charge is 2.17. The smallest absolute Gasteiger partial charge is 0.271 e. The summed E-state index contributed by atoms with van der Waals surface area (Å²) in [4.78, 5) is 10.4. The maximum Gasteiger partial charge on any atom is 0.271 e. The molecule has 8 heteroatoms. The molecular formula is C13H12Cl2N2O3S. The van der Waals surface area contributed by atoms with E-state index in [-0.39, 0.29) is 11.7 Å². The summed E-state index contributed by atoms with van der Waals surface area (Å²) in [5.41, 5.74) is 1.35. The first-order valence-corrected chi connectivity index (χ1v) is 7.53. The Balaban J connectivity index is 2.31. The third kappa shape index (κ3) is 3.58. The van der Waals surface area contributed by atoms with Crippen LogP contribution in [0, 0.1) is 10.1 Å². The molecule has 21 heavy (non-hydrogen) atoms. The van der Waals surface area contributed by atoms with Gasteiger partial charge in [-0.1, -0.05) is 23.2 Å². The summed E-state index contributed by atoms with van der Waals surface area (Å²) < 4.78 is 6.39. The highest BCUT2D eigenvalue weighted by molar-refractivity contribution is 7.20. The van der Waals surface area contributed by atoms with E-state index in [9.17, 15) is 10.1 Å². The minimum absolute atomic E-state index is 0.0139. The summed E-state index contributed by atoms with van der Waals surface area (Å²) in [6, 6.07) is 5.98. The van der Waals surface area contributed by atoms with Crippen LogP contribution in [0.1, 0.15) is 18.5 Å². The molecule has 1 unspecified atom stereocenters. The van der Waals surface area contributed by atoms with Gasteiger partial charge in [0, 0.05) is 17.7 Å². The fourth-order valence-corrected chi connectivity index (χ4v) is 3.53. The number of benzene rings is 1. The predicted molar refractivity (Wildman–Crippen MR) is 86.0 cm³/mol. The van der Waals surface area contributed by atoms with E-state index in [1.165, 1.54) is 30.6 Å². The summed E-state index contributed by atoms with van der Waals surface area (Å²) in [5.74, 6) is 0.518. The molecule has 1 atom stereocenters. The first-order chi connectivity index (χ1) is 9.92. The van der Waals surface area contributed by atoms with Crippen molar-refractivity contribution in [2.45, 2.75) is 13.0 Å². The van der Waals surface area contributed by atoms with Crippen LogP contribution in [0.5, 0.6) is 5.75 Å². The van der Waals surface area contributed by atoms with Crippen LogP contribution < -0.4 is 10.1 Å². The molecule has 0 aliphatic carbocycles. The zero-order valence-corrected chi connectivity index (χ0v) is 13.6. The molecule has 0 spiro atoms. The number of hydrogen-bond donors (Lipinski definition) is 1. The molecule has 1 heterocycles. The fraction of sp³-hybridized carbons (Fsp3) is 0.231. The molecule has 1 aromatic carbocycles. The van der Waals surface area contributed by atoms with Crippen molar-refractivity contribution in [1.82, 2.24) is 0 Å². The van der Waals surface area contributed by atoms with Crippen molar-refractivity contribution in [2.75, 3.05) is 12.4 Å². The average Bonchev–Trinajstić information content (AvgIpc) is 2.77. The summed E-state index contributed by atoms with van der Waals surface area (Å²) in [6.45, 7) is 1.89. The monoisotopic (exact) mass is 346 g/mol. The molecule has 0 aliphatic heterocycles. The normalized spacial score (nSPS) is 12.0. The second kappa shape index (κ2) is 6.51. The number of anilines is 1. The van der Waals surface area contributed by atoms with Gasteiger partial charge in [-0.25, -0.2) is 0 Å². The van der Waals surface area contributed by atoms with Crippen molar-refractivity contribution in [2.24, 2.45) is 0 Å². The predicted octanol–water partition coefficient (Wildman–Crippen LogP) is 5.14. The van der Waals surface area contributed by atoms with Gasteiger partial charge in [0.1, 0.15) is 5.75 Å². The largest absolute Gasteiger partial charge is 0.495 e. The van der Waals surface area contributed by atoms with Crippen LogP contribution in [0.4, 0.5) is 11.4 Å². The molecule has 2 aromatic rings. The summed E-state index contributed by atoms with van der Waals surface area (Å²) in [7, 11) is 1.51. The number of thiophene rings is 1. The number of non-ortho nitro benzene ring substituents is 1. The van der Waals surface area contributed by atoms with Crippen LogP contribution in [0.3, 0.4) is 0 Å². The van der Waals surface area contributed by atoms with Crippen molar-refractivity contribution >= 4 is 45.9 Å². The second-order valence-electron chi connectivity index (χ2n) is 4.29. The Kier molecular flexibility index (Phi) is 4.92. The van der Waals surface area contributed by atoms with Crippen molar-refractivity contribution < 1.29 is 9.66 Å². The molecule has 1 N–H and O–H groups in total. The maximum atomic E-state index is 10.9. The molecule has 0 saturated heterocycles. The number of nitro groups is 1. The Hall–Kier alpha value is -1.50. The van der Waals surface area contributed by atoms with E-state index in [0.29, 0.717) is 20.1 Å². The lowest BCUT2D eigenvalue weighted by atomic mass is 10.1. The number of nitrogens with one attached hydrogen (secondary N) is 1. The summed E-state index contributed by atoms with van der Waals surface area (Å²) in [6.07, 6.45) is 0. The van der Waals surface area contributed by atoms with Crippen LogP contribution in [0.2, 0.25) is 8.67 Å². The van der Waals surface area contributed by atoms with Crippen molar-refractivity contribution in [3.05, 3.63) is 48.6 Å². The van der Waals surface area contributed by atoms with E-state index >= 15 is 0 Å². The zero-order valence-electron chi connectivity index (χ0n) is 11.2. The molecule has 0 aliphatic rings. The van der Waals surface area contributed by atoms with Gasteiger partial charge in [-0.3, -0.25) is 10.1 Å². The lowest BCUT2D eigenvalue weighted by molar-refractivity contribution is -0.384. The van der Waals surface area contributed by atoms with Gasteiger partial charge in [-0.2, -0.15) is 0 Å². The minimum atomic E-state index is -0.455. The highest BCUT2D eigenvalue weighted by Crippen LogP contribution is 2.38. The molecular weight excluding hydrogens is 335 g/mol. The van der Waals surface area contributed by atoms with Crippen LogP contribution >= 0.6 is 34.5 Å². The van der Waals surface area contributed by atoms with E-state index in [2.05, 4.69) is 5.32 Å². The number of ether oxygens (including phenoxy) is 1. The topological polar surface area (TPSA) is 64.4 Å². The van der Waals surface area contributed by atoms with E-state index < -0.39 is 4.92 Å². The lowest BCUT2D eigenvalue weighted by Gasteiger charge is -2.17. The van der Waals surface area contributed by atoms with Gasteiger partial charge in [0.25, 0.3) is 5.69 Å². The van der Waals surface area contributed by atoms with Crippen LogP contribution in [-0.2, 0) is 0 Å². The quantitative estimate of drug-likeness (QED) is 0.600. The Bertz CT molecular complexity index is 675. The second-order valence-corrected chi connectivity index (χ2v) is 6.57. The SMILES string of the molecule is COc1ccc([N+](=O)[O-])cc1NC(C)c1cc(Cl)sc1Cl. The van der Waals surface area contributed by atoms with Crippen LogP contribution in [-0.4, -0.2) is 12.0 Å². The first kappa shape index (κ1) is 15.9. The van der Waals surface area contributed by atoms with Gasteiger partial charge < -0.3 is 10.1 Å². The molecule has 0 fully saturated rings. The van der Waals surface area contributed by atoms with Gasteiger partial charge in [0.2, 0.25) is 0 Å². The lowest BCUT2D eigenvalue weighted by Crippen LogP contribution is -2.07. The number of halogens is 2. The molecule has 0 radical (unpaired) electrons. The average molecular weight is 347 g/mol. The highest BCUT2D eigenvalue weighted by atomic mass is 35.5. The fourth-order valence-electron chi connectivity index (χ4n) is 1.88. The molecule has 2 rings (SSSR count). The number of methoxy groups -OCH3 is 1. The van der Waals surface area contributed by atoms with E-state index in [1.54, 1.807) is 12.1 Å².